The van der Waals surface area contributed by atoms with Crippen LogP contribution in [-0.4, -0.2) is 61.1 Å². The minimum absolute atomic E-state index is 0.0177. The molecule has 0 radical (unpaired) electrons. The lowest BCUT2D eigenvalue weighted by molar-refractivity contribution is 0.0209. The van der Waals surface area contributed by atoms with Crippen LogP contribution >= 0.6 is 0 Å². The monoisotopic (exact) mass is 275 g/mol. The average Bonchev–Trinajstić information content (AvgIpc) is 2.98. The van der Waals surface area contributed by atoms with Crippen LogP contribution in [0.5, 0.6) is 0 Å². The van der Waals surface area contributed by atoms with Crippen LogP contribution in [0.1, 0.15) is 23.8 Å². The van der Waals surface area contributed by atoms with Crippen molar-refractivity contribution in [1.82, 2.24) is 9.88 Å². The first-order chi connectivity index (χ1) is 9.74. The molecule has 2 aliphatic rings. The number of aromatic nitrogens is 1. The molecular weight excluding hydrogens is 254 g/mol. The van der Waals surface area contributed by atoms with E-state index < -0.39 is 0 Å². The lowest BCUT2D eigenvalue weighted by Crippen LogP contribution is -2.44. The van der Waals surface area contributed by atoms with Gasteiger partial charge >= 0.3 is 0 Å². The molecule has 0 aromatic carbocycles. The molecule has 1 aromatic rings. The summed E-state index contributed by atoms with van der Waals surface area (Å²) in [6.07, 6.45) is 3.01. The molecule has 0 bridgehead atoms. The molecule has 2 saturated heterocycles. The van der Waals surface area contributed by atoms with Gasteiger partial charge in [0.05, 0.1) is 25.1 Å². The predicted molar refractivity (Wildman–Crippen MR) is 77.3 cm³/mol. The summed E-state index contributed by atoms with van der Waals surface area (Å²) in [5.41, 5.74) is 1.66. The molecular formula is C15H21N3O2. The van der Waals surface area contributed by atoms with E-state index in [1.807, 2.05) is 18.3 Å². The standard InChI is InChI=1S/C15H21N3O2/c1-12(19)15-3-2-13(10-16-15)18-5-4-14(11-18)17-6-8-20-9-7-17/h2-3,10,14H,4-9,11H2,1H3. The minimum atomic E-state index is 0.0177. The second-order valence-electron chi connectivity index (χ2n) is 5.49. The van der Waals surface area contributed by atoms with Gasteiger partial charge in [-0.15, -0.1) is 0 Å². The summed E-state index contributed by atoms with van der Waals surface area (Å²) in [7, 11) is 0. The van der Waals surface area contributed by atoms with Crippen molar-refractivity contribution in [3.8, 4) is 0 Å². The van der Waals surface area contributed by atoms with Crippen molar-refractivity contribution in [1.29, 1.82) is 0 Å². The Kier molecular flexibility index (Phi) is 3.98. The number of ketones is 1. The number of pyridine rings is 1. The molecule has 1 aromatic heterocycles. The number of nitrogens with zero attached hydrogens (tertiary/aromatic N) is 3. The molecule has 0 spiro atoms. The third-order valence-electron chi connectivity index (χ3n) is 4.20. The van der Waals surface area contributed by atoms with Gasteiger partial charge in [-0.25, -0.2) is 0 Å². The molecule has 0 saturated carbocycles. The maximum absolute atomic E-state index is 11.2. The van der Waals surface area contributed by atoms with Crippen LogP contribution in [0.25, 0.3) is 0 Å². The van der Waals surface area contributed by atoms with Gasteiger partial charge in [-0.3, -0.25) is 14.7 Å². The van der Waals surface area contributed by atoms with Crippen molar-refractivity contribution in [2.45, 2.75) is 19.4 Å². The summed E-state index contributed by atoms with van der Waals surface area (Å²) in [5.74, 6) is 0.0177. The first kappa shape index (κ1) is 13.5. The second-order valence-corrected chi connectivity index (χ2v) is 5.49. The zero-order chi connectivity index (χ0) is 13.9. The van der Waals surface area contributed by atoms with Gasteiger partial charge in [0.15, 0.2) is 5.78 Å². The largest absolute Gasteiger partial charge is 0.379 e. The molecule has 5 nitrogen and oxygen atoms in total. The smallest absolute Gasteiger partial charge is 0.178 e. The van der Waals surface area contributed by atoms with Crippen molar-refractivity contribution in [3.63, 3.8) is 0 Å². The van der Waals surface area contributed by atoms with Crippen molar-refractivity contribution in [3.05, 3.63) is 24.0 Å². The number of hydrogen-bond acceptors (Lipinski definition) is 5. The Bertz CT molecular complexity index is 469. The molecule has 2 fully saturated rings. The van der Waals surface area contributed by atoms with Gasteiger partial charge in [0, 0.05) is 39.1 Å². The fourth-order valence-electron chi connectivity index (χ4n) is 3.00. The molecule has 0 N–H and O–H groups in total. The molecule has 5 heteroatoms. The van der Waals surface area contributed by atoms with E-state index in [2.05, 4.69) is 14.8 Å². The van der Waals surface area contributed by atoms with Crippen LogP contribution in [0.15, 0.2) is 18.3 Å². The molecule has 0 amide bonds. The van der Waals surface area contributed by atoms with Crippen LogP contribution in [0.2, 0.25) is 0 Å². The van der Waals surface area contributed by atoms with Crippen LogP contribution in [0.4, 0.5) is 5.69 Å². The van der Waals surface area contributed by atoms with E-state index in [1.54, 1.807) is 6.92 Å². The molecule has 2 aliphatic heterocycles. The highest BCUT2D eigenvalue weighted by Crippen LogP contribution is 2.23. The van der Waals surface area contributed by atoms with E-state index in [4.69, 9.17) is 4.74 Å². The molecule has 1 unspecified atom stereocenters. The first-order valence-corrected chi connectivity index (χ1v) is 7.28. The van der Waals surface area contributed by atoms with Gasteiger partial charge in [-0.05, 0) is 18.6 Å². The average molecular weight is 275 g/mol. The lowest BCUT2D eigenvalue weighted by atomic mass is 10.2. The number of carbonyl (C=O) groups excluding carboxylic acids is 1. The van der Waals surface area contributed by atoms with Crippen molar-refractivity contribution >= 4 is 11.5 Å². The molecule has 0 aliphatic carbocycles. The van der Waals surface area contributed by atoms with Crippen molar-refractivity contribution < 1.29 is 9.53 Å². The van der Waals surface area contributed by atoms with Gasteiger partial charge in [-0.2, -0.15) is 0 Å². The Morgan fingerprint density at radius 2 is 2.10 bits per heavy atom. The van der Waals surface area contributed by atoms with E-state index in [0.29, 0.717) is 11.7 Å². The fraction of sp³-hybridized carbons (Fsp3) is 0.600. The van der Waals surface area contributed by atoms with Gasteiger partial charge in [0.25, 0.3) is 0 Å². The minimum Gasteiger partial charge on any atom is -0.379 e. The van der Waals surface area contributed by atoms with Gasteiger partial charge < -0.3 is 9.64 Å². The van der Waals surface area contributed by atoms with Crippen LogP contribution in [-0.2, 0) is 4.74 Å². The summed E-state index contributed by atoms with van der Waals surface area (Å²) in [4.78, 5) is 20.4. The highest BCUT2D eigenvalue weighted by Gasteiger charge is 2.28. The Hall–Kier alpha value is -1.46. The number of ether oxygens (including phenoxy) is 1. The third kappa shape index (κ3) is 2.83. The number of Topliss-reactive ketones (excluding diaryl/α,β-unsaturated/α-hetero) is 1. The third-order valence-corrected chi connectivity index (χ3v) is 4.20. The number of rotatable bonds is 3. The van der Waals surface area contributed by atoms with Crippen LogP contribution in [0, 0.1) is 0 Å². The Morgan fingerprint density at radius 3 is 2.75 bits per heavy atom. The maximum atomic E-state index is 11.2. The number of carbonyl (C=O) groups is 1. The summed E-state index contributed by atoms with van der Waals surface area (Å²) >= 11 is 0. The number of morpholine rings is 1. The Morgan fingerprint density at radius 1 is 1.30 bits per heavy atom. The van der Waals surface area contributed by atoms with Crippen molar-refractivity contribution in [2.24, 2.45) is 0 Å². The van der Waals surface area contributed by atoms with Gasteiger partial charge in [0.2, 0.25) is 0 Å². The molecule has 3 heterocycles. The Labute approximate surface area is 119 Å². The zero-order valence-electron chi connectivity index (χ0n) is 11.9. The highest BCUT2D eigenvalue weighted by molar-refractivity contribution is 5.92. The van der Waals surface area contributed by atoms with Crippen LogP contribution in [0.3, 0.4) is 0 Å². The summed E-state index contributed by atoms with van der Waals surface area (Å²) in [6, 6.07) is 4.44. The van der Waals surface area contributed by atoms with Crippen LogP contribution < -0.4 is 4.90 Å². The molecule has 1 atom stereocenters. The molecule has 3 rings (SSSR count). The quantitative estimate of drug-likeness (QED) is 0.776. The summed E-state index contributed by atoms with van der Waals surface area (Å²) in [5, 5.41) is 0. The summed E-state index contributed by atoms with van der Waals surface area (Å²) < 4.78 is 5.41. The van der Waals surface area contributed by atoms with E-state index >= 15 is 0 Å². The van der Waals surface area contributed by atoms with Gasteiger partial charge in [-0.1, -0.05) is 0 Å². The fourth-order valence-corrected chi connectivity index (χ4v) is 3.00. The normalized spacial score (nSPS) is 24.1. The first-order valence-electron chi connectivity index (χ1n) is 7.28. The Balaban J connectivity index is 1.62. The predicted octanol–water partition coefficient (Wildman–Crippen LogP) is 1.20. The number of anilines is 1. The van der Waals surface area contributed by atoms with E-state index in [-0.39, 0.29) is 5.78 Å². The number of hydrogen-bond donors (Lipinski definition) is 0. The van der Waals surface area contributed by atoms with E-state index in [1.165, 1.54) is 6.42 Å². The topological polar surface area (TPSA) is 45.7 Å². The lowest BCUT2D eigenvalue weighted by Gasteiger charge is -2.32. The highest BCUT2D eigenvalue weighted by atomic mass is 16.5. The molecule has 108 valence electrons. The van der Waals surface area contributed by atoms with E-state index in [9.17, 15) is 4.79 Å². The van der Waals surface area contributed by atoms with E-state index in [0.717, 1.165) is 45.1 Å². The van der Waals surface area contributed by atoms with Gasteiger partial charge in [0.1, 0.15) is 5.69 Å². The molecule has 20 heavy (non-hydrogen) atoms. The summed E-state index contributed by atoms with van der Waals surface area (Å²) in [6.45, 7) is 7.44. The second kappa shape index (κ2) is 5.89. The maximum Gasteiger partial charge on any atom is 0.178 e. The van der Waals surface area contributed by atoms with Crippen molar-refractivity contribution in [2.75, 3.05) is 44.3 Å². The zero-order valence-corrected chi connectivity index (χ0v) is 11.9. The SMILES string of the molecule is CC(=O)c1ccc(N2CCC(N3CCOCC3)C2)cn1.